The van der Waals surface area contributed by atoms with Crippen LogP contribution in [0.15, 0.2) is 42.0 Å². The molecule has 1 N–H and O–H groups in total. The van der Waals surface area contributed by atoms with Crippen LogP contribution in [0.3, 0.4) is 0 Å². The molecule has 0 spiro atoms. The van der Waals surface area contributed by atoms with Gasteiger partial charge in [0.05, 0.1) is 12.0 Å². The smallest absolute Gasteiger partial charge is 0.311 e. The molecular formula is C18H27O5P. The highest BCUT2D eigenvalue weighted by molar-refractivity contribution is 7.59. The van der Waals surface area contributed by atoms with E-state index >= 15 is 0 Å². The Morgan fingerprint density at radius 2 is 1.88 bits per heavy atom. The van der Waals surface area contributed by atoms with Crippen LogP contribution in [0.5, 0.6) is 5.75 Å². The molecule has 0 heterocycles. The minimum atomic E-state index is -3.20. The fourth-order valence-corrected chi connectivity index (χ4v) is 3.37. The van der Waals surface area contributed by atoms with Gasteiger partial charge >= 0.3 is 5.97 Å². The van der Waals surface area contributed by atoms with Crippen molar-refractivity contribution in [2.24, 2.45) is 5.41 Å². The average molecular weight is 354 g/mol. The standard InChI is InChI=1S/C18H27O5P/c1-15(13-19)9-8-12-24(21,14-22-17(20)18(2,3)4)23-16-10-6-5-7-11-16/h5-7,9-11,19H,8,12-14H2,1-4H3/b15-9+. The van der Waals surface area contributed by atoms with Gasteiger partial charge in [-0.15, -0.1) is 0 Å². The van der Waals surface area contributed by atoms with E-state index in [1.54, 1.807) is 52.0 Å². The summed E-state index contributed by atoms with van der Waals surface area (Å²) in [7, 11) is -3.20. The zero-order valence-electron chi connectivity index (χ0n) is 14.8. The Morgan fingerprint density at radius 1 is 1.25 bits per heavy atom. The van der Waals surface area contributed by atoms with Crippen molar-refractivity contribution in [2.45, 2.75) is 34.1 Å². The van der Waals surface area contributed by atoms with Gasteiger partial charge in [0.25, 0.3) is 7.37 Å². The summed E-state index contributed by atoms with van der Waals surface area (Å²) in [6.07, 6.45) is 2.26. The van der Waals surface area contributed by atoms with Crippen molar-refractivity contribution in [1.29, 1.82) is 0 Å². The first-order valence-corrected chi connectivity index (χ1v) is 9.92. The molecule has 1 aromatic carbocycles. The van der Waals surface area contributed by atoms with Gasteiger partial charge in [0.2, 0.25) is 0 Å². The summed E-state index contributed by atoms with van der Waals surface area (Å²) in [5.41, 5.74) is 0.137. The second-order valence-corrected chi connectivity index (χ2v) is 9.27. The van der Waals surface area contributed by atoms with E-state index in [1.807, 2.05) is 12.1 Å². The van der Waals surface area contributed by atoms with Crippen molar-refractivity contribution in [3.63, 3.8) is 0 Å². The van der Waals surface area contributed by atoms with Gasteiger partial charge in [0.15, 0.2) is 6.35 Å². The Morgan fingerprint density at radius 3 is 2.42 bits per heavy atom. The van der Waals surface area contributed by atoms with E-state index in [9.17, 15) is 9.36 Å². The highest BCUT2D eigenvalue weighted by atomic mass is 31.2. The van der Waals surface area contributed by atoms with Gasteiger partial charge in [0.1, 0.15) is 5.75 Å². The minimum absolute atomic E-state index is 0.0388. The SMILES string of the molecule is C/C(=C\CCP(=O)(COC(=O)C(C)(C)C)Oc1ccccc1)CO. The number of hydrogen-bond donors (Lipinski definition) is 1. The average Bonchev–Trinajstić information content (AvgIpc) is 2.52. The van der Waals surface area contributed by atoms with Gasteiger partial charge in [-0.1, -0.05) is 29.8 Å². The van der Waals surface area contributed by atoms with E-state index in [-0.39, 0.29) is 19.1 Å². The summed E-state index contributed by atoms with van der Waals surface area (Å²) >= 11 is 0. The molecule has 1 atom stereocenters. The predicted octanol–water partition coefficient (Wildman–Crippen LogP) is 4.22. The van der Waals surface area contributed by atoms with E-state index in [0.717, 1.165) is 5.57 Å². The molecule has 1 rings (SSSR count). The Labute approximate surface area is 144 Å². The molecule has 0 radical (unpaired) electrons. The zero-order valence-corrected chi connectivity index (χ0v) is 15.7. The van der Waals surface area contributed by atoms with Crippen LogP contribution in [0.25, 0.3) is 0 Å². The first-order chi connectivity index (χ1) is 11.2. The van der Waals surface area contributed by atoms with Crippen LogP contribution in [0.2, 0.25) is 0 Å². The van der Waals surface area contributed by atoms with Gasteiger partial charge in [-0.2, -0.15) is 0 Å². The van der Waals surface area contributed by atoms with Crippen LogP contribution < -0.4 is 4.52 Å². The summed E-state index contributed by atoms with van der Waals surface area (Å²) < 4.78 is 24.0. The molecule has 6 heteroatoms. The normalized spacial score (nSPS) is 14.8. The lowest BCUT2D eigenvalue weighted by atomic mass is 9.98. The molecule has 134 valence electrons. The van der Waals surface area contributed by atoms with Crippen LogP contribution >= 0.6 is 7.37 Å². The van der Waals surface area contributed by atoms with Crippen LogP contribution in [-0.4, -0.2) is 30.2 Å². The largest absolute Gasteiger partial charge is 0.454 e. The number of rotatable bonds is 8. The van der Waals surface area contributed by atoms with Crippen molar-refractivity contribution < 1.29 is 23.7 Å². The second-order valence-electron chi connectivity index (χ2n) is 6.75. The molecule has 0 amide bonds. The molecule has 1 unspecified atom stereocenters. The molecule has 24 heavy (non-hydrogen) atoms. The number of aliphatic hydroxyl groups is 1. The molecule has 0 aliphatic heterocycles. The molecule has 0 aliphatic rings. The molecule has 5 nitrogen and oxygen atoms in total. The van der Waals surface area contributed by atoms with Crippen LogP contribution in [-0.2, 0) is 14.1 Å². The summed E-state index contributed by atoms with van der Waals surface area (Å²) in [6.45, 7) is 6.98. The number of ether oxygens (including phenoxy) is 1. The third-order valence-electron chi connectivity index (χ3n) is 3.23. The van der Waals surface area contributed by atoms with E-state index in [1.165, 1.54) is 0 Å². The molecule has 0 aliphatic carbocycles. The highest BCUT2D eigenvalue weighted by Gasteiger charge is 2.30. The molecule has 0 aromatic heterocycles. The van der Waals surface area contributed by atoms with Gasteiger partial charge in [-0.25, -0.2) is 0 Å². The number of para-hydroxylation sites is 1. The maximum absolute atomic E-state index is 13.1. The predicted molar refractivity (Wildman–Crippen MR) is 95.4 cm³/mol. The third-order valence-corrected chi connectivity index (χ3v) is 5.24. The third kappa shape index (κ3) is 7.33. The monoisotopic (exact) mass is 354 g/mol. The Balaban J connectivity index is 2.81. The van der Waals surface area contributed by atoms with Gasteiger partial charge < -0.3 is 14.4 Å². The van der Waals surface area contributed by atoms with Crippen LogP contribution in [0.4, 0.5) is 0 Å². The van der Waals surface area contributed by atoms with E-state index < -0.39 is 18.8 Å². The van der Waals surface area contributed by atoms with E-state index in [2.05, 4.69) is 0 Å². The first-order valence-electron chi connectivity index (χ1n) is 7.93. The van der Waals surface area contributed by atoms with Crippen molar-refractivity contribution in [2.75, 3.05) is 19.1 Å². The second kappa shape index (κ2) is 9.05. The summed E-state index contributed by atoms with van der Waals surface area (Å²) in [5.74, 6) is 0.0666. The summed E-state index contributed by atoms with van der Waals surface area (Å²) in [6, 6.07) is 8.85. The van der Waals surface area contributed by atoms with Crippen molar-refractivity contribution in [3.8, 4) is 5.75 Å². The van der Waals surface area contributed by atoms with Crippen LogP contribution in [0, 0.1) is 5.41 Å². The molecular weight excluding hydrogens is 327 g/mol. The van der Waals surface area contributed by atoms with Gasteiger partial charge in [-0.05, 0) is 46.2 Å². The lowest BCUT2D eigenvalue weighted by molar-refractivity contribution is -0.150. The number of benzene rings is 1. The summed E-state index contributed by atoms with van der Waals surface area (Å²) in [5, 5.41) is 9.03. The number of carbonyl (C=O) groups excluding carboxylic acids is 1. The van der Waals surface area contributed by atoms with Gasteiger partial charge in [-0.3, -0.25) is 9.36 Å². The minimum Gasteiger partial charge on any atom is -0.454 e. The lowest BCUT2D eigenvalue weighted by Crippen LogP contribution is -2.24. The first kappa shape index (κ1) is 20.5. The number of allylic oxidation sites excluding steroid dienone is 1. The van der Waals surface area contributed by atoms with Crippen LogP contribution in [0.1, 0.15) is 34.1 Å². The van der Waals surface area contributed by atoms with Crippen molar-refractivity contribution >= 4 is 13.3 Å². The quantitative estimate of drug-likeness (QED) is 0.430. The van der Waals surface area contributed by atoms with Gasteiger partial charge in [0, 0.05) is 6.16 Å². The van der Waals surface area contributed by atoms with E-state index in [4.69, 9.17) is 14.4 Å². The van der Waals surface area contributed by atoms with Crippen molar-refractivity contribution in [3.05, 3.63) is 42.0 Å². The number of esters is 1. The molecule has 1 aromatic rings. The highest BCUT2D eigenvalue weighted by Crippen LogP contribution is 2.48. The maximum Gasteiger partial charge on any atom is 0.311 e. The number of carbonyl (C=O) groups is 1. The topological polar surface area (TPSA) is 72.8 Å². The molecule has 0 saturated heterocycles. The molecule has 0 saturated carbocycles. The maximum atomic E-state index is 13.1. The zero-order chi connectivity index (χ0) is 18.2. The fraction of sp³-hybridized carbons (Fsp3) is 0.500. The summed E-state index contributed by atoms with van der Waals surface area (Å²) in [4.78, 5) is 11.9. The number of aliphatic hydroxyl groups excluding tert-OH is 1. The Bertz CT molecular complexity index is 602. The van der Waals surface area contributed by atoms with Crippen molar-refractivity contribution in [1.82, 2.24) is 0 Å². The van der Waals surface area contributed by atoms with E-state index in [0.29, 0.717) is 12.2 Å². The fourth-order valence-electron chi connectivity index (χ4n) is 1.76. The lowest BCUT2D eigenvalue weighted by Gasteiger charge is -2.22. The molecule has 0 bridgehead atoms. The number of hydrogen-bond acceptors (Lipinski definition) is 5. The molecule has 0 fully saturated rings. The Kier molecular flexibility index (Phi) is 7.71. The Hall–Kier alpha value is -1.58.